The molecule has 186 valence electrons. The van der Waals surface area contributed by atoms with E-state index >= 15 is 0 Å². The average Bonchev–Trinajstić information content (AvgIpc) is 3.13. The molecule has 1 aliphatic rings. The standard InChI is InChI=1S/C25H28FN3O6/c1-5-33-25(34-6-2)29-19-8-7-15(26)11-17(19)22(24(29)30)23-16-12-20(32-4)21(35-10-9-31-3)13-18(16)27-14-28-23/h7-8,11-14,22,25H,5-6,9-10H2,1-4H3. The van der Waals surface area contributed by atoms with Gasteiger partial charge in [-0.05, 0) is 43.7 Å². The Bertz CT molecular complexity index is 1200. The van der Waals surface area contributed by atoms with Gasteiger partial charge in [-0.25, -0.2) is 14.4 Å². The van der Waals surface area contributed by atoms with Crippen molar-refractivity contribution in [3.05, 3.63) is 53.7 Å². The lowest BCUT2D eigenvalue weighted by Crippen LogP contribution is -2.42. The Morgan fingerprint density at radius 3 is 2.49 bits per heavy atom. The predicted octanol–water partition coefficient (Wildman–Crippen LogP) is 3.64. The molecule has 0 radical (unpaired) electrons. The summed E-state index contributed by atoms with van der Waals surface area (Å²) in [7, 11) is 3.11. The number of fused-ring (bicyclic) bond motifs is 2. The SMILES string of the molecule is CCOC(OCC)N1C(=O)C(c2ncnc3cc(OCCOC)c(OC)cc23)c2cc(F)ccc21. The van der Waals surface area contributed by atoms with Crippen LogP contribution in [0.15, 0.2) is 36.7 Å². The van der Waals surface area contributed by atoms with Gasteiger partial charge in [0.15, 0.2) is 11.5 Å². The van der Waals surface area contributed by atoms with Crippen LogP contribution in [0.5, 0.6) is 11.5 Å². The monoisotopic (exact) mass is 485 g/mol. The summed E-state index contributed by atoms with van der Waals surface area (Å²) in [6, 6.07) is 7.66. The Morgan fingerprint density at radius 1 is 1.03 bits per heavy atom. The predicted molar refractivity (Wildman–Crippen MR) is 126 cm³/mol. The van der Waals surface area contributed by atoms with Crippen molar-refractivity contribution in [2.45, 2.75) is 26.2 Å². The summed E-state index contributed by atoms with van der Waals surface area (Å²) in [5, 5.41) is 0.586. The quantitative estimate of drug-likeness (QED) is 0.300. The minimum absolute atomic E-state index is 0.328. The number of ether oxygens (including phenoxy) is 5. The van der Waals surface area contributed by atoms with Crippen LogP contribution in [0.25, 0.3) is 10.9 Å². The Hall–Kier alpha value is -3.34. The van der Waals surface area contributed by atoms with Gasteiger partial charge in [0.2, 0.25) is 12.3 Å². The number of benzene rings is 2. The van der Waals surface area contributed by atoms with Crippen molar-refractivity contribution in [2.24, 2.45) is 0 Å². The van der Waals surface area contributed by atoms with Gasteiger partial charge in [-0.1, -0.05) is 0 Å². The molecule has 1 atom stereocenters. The van der Waals surface area contributed by atoms with Crippen LogP contribution in [-0.2, 0) is 19.0 Å². The molecule has 0 saturated heterocycles. The van der Waals surface area contributed by atoms with Crippen molar-refractivity contribution in [1.29, 1.82) is 0 Å². The van der Waals surface area contributed by atoms with Gasteiger partial charge in [0, 0.05) is 31.8 Å². The van der Waals surface area contributed by atoms with Crippen LogP contribution in [0.4, 0.5) is 10.1 Å². The van der Waals surface area contributed by atoms with E-state index in [0.717, 1.165) is 0 Å². The number of hydrogen-bond acceptors (Lipinski definition) is 8. The highest BCUT2D eigenvalue weighted by atomic mass is 19.1. The minimum Gasteiger partial charge on any atom is -0.493 e. The van der Waals surface area contributed by atoms with E-state index in [-0.39, 0.29) is 5.91 Å². The molecular formula is C25H28FN3O6. The summed E-state index contributed by atoms with van der Waals surface area (Å²) in [5.41, 5.74) is 1.95. The summed E-state index contributed by atoms with van der Waals surface area (Å²) in [6.45, 7) is 5.02. The molecule has 1 aliphatic heterocycles. The third-order valence-electron chi connectivity index (χ3n) is 5.64. The number of methoxy groups -OCH3 is 2. The Kier molecular flexibility index (Phi) is 7.74. The zero-order valence-electron chi connectivity index (χ0n) is 20.1. The summed E-state index contributed by atoms with van der Waals surface area (Å²) >= 11 is 0. The number of hydrogen-bond donors (Lipinski definition) is 0. The maximum absolute atomic E-state index is 14.4. The van der Waals surface area contributed by atoms with Crippen LogP contribution in [0.1, 0.15) is 31.0 Å². The van der Waals surface area contributed by atoms with Crippen LogP contribution in [0.2, 0.25) is 0 Å². The number of rotatable bonds is 11. The molecule has 35 heavy (non-hydrogen) atoms. The minimum atomic E-state index is -0.949. The number of carbonyl (C=O) groups is 1. The van der Waals surface area contributed by atoms with Gasteiger partial charge < -0.3 is 23.7 Å². The van der Waals surface area contributed by atoms with E-state index in [9.17, 15) is 9.18 Å². The molecule has 2 aromatic carbocycles. The normalized spacial score (nSPS) is 15.2. The second-order valence-electron chi connectivity index (χ2n) is 7.68. The summed E-state index contributed by atoms with van der Waals surface area (Å²) < 4.78 is 42.1. The zero-order chi connectivity index (χ0) is 24.9. The average molecular weight is 486 g/mol. The molecule has 1 unspecified atom stereocenters. The Labute approximate surface area is 202 Å². The van der Waals surface area contributed by atoms with Gasteiger partial charge in [-0.15, -0.1) is 0 Å². The molecule has 0 fully saturated rings. The van der Waals surface area contributed by atoms with Crippen LogP contribution in [0, 0.1) is 5.82 Å². The molecule has 2 heterocycles. The van der Waals surface area contributed by atoms with E-state index in [1.165, 1.54) is 30.5 Å². The maximum Gasteiger partial charge on any atom is 0.247 e. The lowest BCUT2D eigenvalue weighted by molar-refractivity contribution is -0.149. The van der Waals surface area contributed by atoms with Crippen molar-refractivity contribution < 1.29 is 32.9 Å². The first kappa shape index (κ1) is 24.8. The smallest absolute Gasteiger partial charge is 0.247 e. The van der Waals surface area contributed by atoms with E-state index in [1.54, 1.807) is 25.3 Å². The first-order chi connectivity index (χ1) is 17.0. The molecule has 10 heteroatoms. The zero-order valence-corrected chi connectivity index (χ0v) is 20.1. The van der Waals surface area contributed by atoms with E-state index in [0.29, 0.717) is 65.8 Å². The molecule has 0 bridgehead atoms. The fraction of sp³-hybridized carbons (Fsp3) is 0.400. The van der Waals surface area contributed by atoms with Crippen LogP contribution < -0.4 is 14.4 Å². The maximum atomic E-state index is 14.4. The molecule has 0 aliphatic carbocycles. The molecule has 0 N–H and O–H groups in total. The molecule has 9 nitrogen and oxygen atoms in total. The van der Waals surface area contributed by atoms with Gasteiger partial charge in [0.1, 0.15) is 24.7 Å². The molecule has 4 rings (SSSR count). The second-order valence-corrected chi connectivity index (χ2v) is 7.68. The molecule has 1 aromatic heterocycles. The summed E-state index contributed by atoms with van der Waals surface area (Å²) in [6.07, 6.45) is 0.427. The van der Waals surface area contributed by atoms with Gasteiger partial charge in [0.25, 0.3) is 0 Å². The van der Waals surface area contributed by atoms with Crippen molar-refractivity contribution in [2.75, 3.05) is 45.5 Å². The Balaban J connectivity index is 1.84. The molecule has 0 saturated carbocycles. The molecule has 1 amide bonds. The largest absolute Gasteiger partial charge is 0.493 e. The van der Waals surface area contributed by atoms with E-state index in [1.807, 2.05) is 13.8 Å². The third-order valence-corrected chi connectivity index (χ3v) is 5.64. The number of anilines is 1. The van der Waals surface area contributed by atoms with Crippen LogP contribution in [0.3, 0.4) is 0 Å². The number of nitrogens with zero attached hydrogens (tertiary/aromatic N) is 3. The van der Waals surface area contributed by atoms with E-state index in [4.69, 9.17) is 23.7 Å². The van der Waals surface area contributed by atoms with Crippen LogP contribution in [-0.4, -0.2) is 62.9 Å². The van der Waals surface area contributed by atoms with Crippen LogP contribution >= 0.6 is 0 Å². The number of halogens is 1. The highest BCUT2D eigenvalue weighted by Crippen LogP contribution is 2.45. The fourth-order valence-electron chi connectivity index (χ4n) is 4.15. The van der Waals surface area contributed by atoms with Crippen molar-refractivity contribution in [1.82, 2.24) is 9.97 Å². The third kappa shape index (κ3) is 4.77. The topological polar surface area (TPSA) is 92.2 Å². The number of amides is 1. The number of aromatic nitrogens is 2. The summed E-state index contributed by atoms with van der Waals surface area (Å²) in [4.78, 5) is 24.1. The molecule has 0 spiro atoms. The van der Waals surface area contributed by atoms with E-state index < -0.39 is 18.1 Å². The van der Waals surface area contributed by atoms with Gasteiger partial charge in [-0.2, -0.15) is 0 Å². The van der Waals surface area contributed by atoms with Crippen molar-refractivity contribution >= 4 is 22.5 Å². The lowest BCUT2D eigenvalue weighted by atomic mass is 9.94. The van der Waals surface area contributed by atoms with E-state index in [2.05, 4.69) is 9.97 Å². The summed E-state index contributed by atoms with van der Waals surface area (Å²) in [5.74, 6) is -0.748. The number of carbonyl (C=O) groups excluding carboxylic acids is 1. The first-order valence-electron chi connectivity index (χ1n) is 11.3. The highest BCUT2D eigenvalue weighted by Gasteiger charge is 2.44. The van der Waals surface area contributed by atoms with Gasteiger partial charge in [-0.3, -0.25) is 9.69 Å². The second kappa shape index (κ2) is 10.9. The molecular weight excluding hydrogens is 457 g/mol. The van der Waals surface area contributed by atoms with Crippen molar-refractivity contribution in [3.63, 3.8) is 0 Å². The lowest BCUT2D eigenvalue weighted by Gasteiger charge is -2.28. The van der Waals surface area contributed by atoms with Crippen molar-refractivity contribution in [3.8, 4) is 11.5 Å². The van der Waals surface area contributed by atoms with Gasteiger partial charge in [0.05, 0.1) is 30.6 Å². The fourth-order valence-corrected chi connectivity index (χ4v) is 4.15. The van der Waals surface area contributed by atoms with Gasteiger partial charge >= 0.3 is 0 Å². The Morgan fingerprint density at radius 2 is 1.80 bits per heavy atom. The highest BCUT2D eigenvalue weighted by molar-refractivity contribution is 6.08. The first-order valence-corrected chi connectivity index (χ1v) is 11.3. The molecule has 3 aromatic rings.